The van der Waals surface area contributed by atoms with Gasteiger partial charge in [0, 0.05) is 6.07 Å². The Kier molecular flexibility index (Phi) is 4.98. The Labute approximate surface area is 186 Å². The van der Waals surface area contributed by atoms with E-state index >= 15 is 0 Å². The summed E-state index contributed by atoms with van der Waals surface area (Å²) < 4.78 is 8.34. The van der Waals surface area contributed by atoms with E-state index in [1.54, 1.807) is 28.0 Å². The second kappa shape index (κ2) is 7.97. The van der Waals surface area contributed by atoms with E-state index in [4.69, 9.17) is 4.52 Å². The average molecular weight is 446 g/mol. The van der Waals surface area contributed by atoms with Gasteiger partial charge < -0.3 is 9.84 Å². The Morgan fingerprint density at radius 2 is 1.88 bits per heavy atom. The van der Waals surface area contributed by atoms with Crippen molar-refractivity contribution in [3.8, 4) is 5.69 Å². The van der Waals surface area contributed by atoms with Gasteiger partial charge in [-0.05, 0) is 37.6 Å². The quantitative estimate of drug-likeness (QED) is 0.413. The molecule has 0 atom stereocenters. The van der Waals surface area contributed by atoms with Crippen molar-refractivity contribution in [2.45, 2.75) is 19.0 Å². The van der Waals surface area contributed by atoms with Crippen LogP contribution < -0.4 is 10.9 Å². The van der Waals surface area contributed by atoms with Gasteiger partial charge >= 0.3 is 0 Å². The molecule has 10 heteroatoms. The Morgan fingerprint density at radius 3 is 2.66 bits per heavy atom. The van der Waals surface area contributed by atoms with E-state index in [1.165, 1.54) is 11.8 Å². The molecular formula is C22H18N6O3S. The molecule has 0 aliphatic heterocycles. The molecule has 1 N–H and O–H groups in total. The highest BCUT2D eigenvalue weighted by molar-refractivity contribution is 7.99. The number of anilines is 1. The van der Waals surface area contributed by atoms with E-state index < -0.39 is 0 Å². The molecular weight excluding hydrogens is 428 g/mol. The van der Waals surface area contributed by atoms with Gasteiger partial charge in [0.15, 0.2) is 11.0 Å². The second-order valence-electron chi connectivity index (χ2n) is 7.22. The van der Waals surface area contributed by atoms with Crippen LogP contribution in [-0.4, -0.2) is 36.0 Å². The molecule has 0 saturated carbocycles. The first kappa shape index (κ1) is 20.0. The van der Waals surface area contributed by atoms with E-state index in [0.717, 1.165) is 11.3 Å². The lowest BCUT2D eigenvalue weighted by Crippen LogP contribution is -2.22. The van der Waals surface area contributed by atoms with Gasteiger partial charge in [-0.15, -0.1) is 10.2 Å². The van der Waals surface area contributed by atoms with Crippen LogP contribution in [0.5, 0.6) is 0 Å². The SMILES string of the molecule is Cc1cc(NC(=O)CSc2nnc3n(-c4ccccc4C)c(=O)c4ccccc4n23)no1. The Balaban J connectivity index is 1.59. The fourth-order valence-corrected chi connectivity index (χ4v) is 4.28. The molecule has 160 valence electrons. The largest absolute Gasteiger partial charge is 0.360 e. The predicted octanol–water partition coefficient (Wildman–Crippen LogP) is 3.37. The molecule has 0 fully saturated rings. The van der Waals surface area contributed by atoms with E-state index in [1.807, 2.05) is 49.4 Å². The molecule has 0 aliphatic carbocycles. The number of benzene rings is 2. The molecule has 3 heterocycles. The summed E-state index contributed by atoms with van der Waals surface area (Å²) in [6.07, 6.45) is 0. The van der Waals surface area contributed by atoms with Crippen molar-refractivity contribution in [3.05, 3.63) is 76.3 Å². The number of aryl methyl sites for hydroxylation is 2. The summed E-state index contributed by atoms with van der Waals surface area (Å²) in [6.45, 7) is 3.69. The van der Waals surface area contributed by atoms with E-state index in [-0.39, 0.29) is 17.2 Å². The summed E-state index contributed by atoms with van der Waals surface area (Å²) in [5, 5.41) is 16.1. The van der Waals surface area contributed by atoms with Gasteiger partial charge in [0.25, 0.3) is 5.56 Å². The van der Waals surface area contributed by atoms with Crippen LogP contribution in [0.2, 0.25) is 0 Å². The number of nitrogens with one attached hydrogen (secondary N) is 1. The Morgan fingerprint density at radius 1 is 1.09 bits per heavy atom. The molecule has 0 bridgehead atoms. The minimum Gasteiger partial charge on any atom is -0.360 e. The summed E-state index contributed by atoms with van der Waals surface area (Å²) in [6, 6.07) is 16.6. The molecule has 0 spiro atoms. The van der Waals surface area contributed by atoms with Gasteiger partial charge in [0.1, 0.15) is 5.76 Å². The highest BCUT2D eigenvalue weighted by Gasteiger charge is 2.19. The van der Waals surface area contributed by atoms with Gasteiger partial charge in [-0.2, -0.15) is 0 Å². The predicted molar refractivity (Wildman–Crippen MR) is 121 cm³/mol. The highest BCUT2D eigenvalue weighted by atomic mass is 32.2. The second-order valence-corrected chi connectivity index (χ2v) is 8.16. The monoisotopic (exact) mass is 446 g/mol. The Bertz CT molecular complexity index is 1530. The topological polar surface area (TPSA) is 107 Å². The maximum atomic E-state index is 13.4. The normalized spacial score (nSPS) is 11.3. The number of hydrogen-bond acceptors (Lipinski definition) is 7. The van der Waals surface area contributed by atoms with Crippen molar-refractivity contribution in [1.29, 1.82) is 0 Å². The van der Waals surface area contributed by atoms with Crippen LogP contribution in [0.4, 0.5) is 5.82 Å². The third kappa shape index (κ3) is 3.44. The van der Waals surface area contributed by atoms with E-state index in [9.17, 15) is 9.59 Å². The number of hydrogen-bond donors (Lipinski definition) is 1. The molecule has 0 unspecified atom stereocenters. The number of carbonyl (C=O) groups is 1. The lowest BCUT2D eigenvalue weighted by atomic mass is 10.2. The number of para-hydroxylation sites is 2. The minimum absolute atomic E-state index is 0.0878. The lowest BCUT2D eigenvalue weighted by Gasteiger charge is -2.13. The molecule has 32 heavy (non-hydrogen) atoms. The van der Waals surface area contributed by atoms with Gasteiger partial charge in [0.2, 0.25) is 11.7 Å². The van der Waals surface area contributed by atoms with Crippen LogP contribution >= 0.6 is 11.8 Å². The molecule has 0 saturated heterocycles. The van der Waals surface area contributed by atoms with E-state index in [2.05, 4.69) is 20.7 Å². The standard InChI is InChI=1S/C22H18N6O3S/c1-13-7-3-5-9-16(13)27-20(30)15-8-4-6-10-17(15)28-21(27)24-25-22(28)32-12-19(29)23-18-11-14(2)31-26-18/h3-11H,12H2,1-2H3,(H,23,26,29). The summed E-state index contributed by atoms with van der Waals surface area (Å²) in [5.74, 6) is 1.19. The zero-order chi connectivity index (χ0) is 22.2. The van der Waals surface area contributed by atoms with Crippen LogP contribution in [0.25, 0.3) is 22.4 Å². The third-order valence-corrected chi connectivity index (χ3v) is 5.91. The third-order valence-electron chi connectivity index (χ3n) is 4.98. The first-order valence-corrected chi connectivity index (χ1v) is 10.8. The fourth-order valence-electron chi connectivity index (χ4n) is 3.54. The minimum atomic E-state index is -0.253. The molecule has 0 radical (unpaired) electrons. The zero-order valence-corrected chi connectivity index (χ0v) is 18.1. The van der Waals surface area contributed by atoms with Crippen molar-refractivity contribution < 1.29 is 9.32 Å². The van der Waals surface area contributed by atoms with Crippen LogP contribution in [0.3, 0.4) is 0 Å². The number of nitrogens with zero attached hydrogens (tertiary/aromatic N) is 5. The number of fused-ring (bicyclic) bond motifs is 3. The summed E-state index contributed by atoms with van der Waals surface area (Å²) >= 11 is 1.22. The number of amides is 1. The van der Waals surface area contributed by atoms with Gasteiger partial charge in [-0.1, -0.05) is 47.3 Å². The molecule has 0 aliphatic rings. The maximum Gasteiger partial charge on any atom is 0.267 e. The summed E-state index contributed by atoms with van der Waals surface area (Å²) in [5.41, 5.74) is 2.17. The number of aromatic nitrogens is 5. The molecule has 5 rings (SSSR count). The van der Waals surface area contributed by atoms with Crippen LogP contribution in [0.15, 0.2) is 69.1 Å². The highest BCUT2D eigenvalue weighted by Crippen LogP contribution is 2.24. The first-order chi connectivity index (χ1) is 15.5. The van der Waals surface area contributed by atoms with Crippen molar-refractivity contribution in [2.24, 2.45) is 0 Å². The van der Waals surface area contributed by atoms with E-state index in [0.29, 0.717) is 33.4 Å². The average Bonchev–Trinajstić information content (AvgIpc) is 3.39. The Hall–Kier alpha value is -3.92. The first-order valence-electron chi connectivity index (χ1n) is 9.84. The number of carbonyl (C=O) groups excluding carboxylic acids is 1. The molecule has 9 nitrogen and oxygen atoms in total. The lowest BCUT2D eigenvalue weighted by molar-refractivity contribution is -0.113. The van der Waals surface area contributed by atoms with Gasteiger partial charge in [-0.3, -0.25) is 14.0 Å². The van der Waals surface area contributed by atoms with Crippen molar-refractivity contribution in [1.82, 2.24) is 24.3 Å². The molecule has 5 aromatic rings. The van der Waals surface area contributed by atoms with Crippen molar-refractivity contribution >= 4 is 40.2 Å². The maximum absolute atomic E-state index is 13.4. The van der Waals surface area contributed by atoms with Gasteiger partial charge in [0.05, 0.1) is 22.3 Å². The molecule has 1 amide bonds. The van der Waals surface area contributed by atoms with Crippen LogP contribution in [0, 0.1) is 13.8 Å². The van der Waals surface area contributed by atoms with Crippen LogP contribution in [0.1, 0.15) is 11.3 Å². The van der Waals surface area contributed by atoms with Crippen molar-refractivity contribution in [3.63, 3.8) is 0 Å². The molecule has 2 aromatic carbocycles. The van der Waals surface area contributed by atoms with Gasteiger partial charge in [-0.25, -0.2) is 4.57 Å². The van der Waals surface area contributed by atoms with Crippen molar-refractivity contribution in [2.75, 3.05) is 11.1 Å². The smallest absolute Gasteiger partial charge is 0.267 e. The summed E-state index contributed by atoms with van der Waals surface area (Å²) in [4.78, 5) is 25.7. The number of thioether (sulfide) groups is 1. The molecule has 3 aromatic heterocycles. The fraction of sp³-hybridized carbons (Fsp3) is 0.136. The number of rotatable bonds is 5. The zero-order valence-electron chi connectivity index (χ0n) is 17.3. The van der Waals surface area contributed by atoms with Crippen LogP contribution in [-0.2, 0) is 4.79 Å². The summed E-state index contributed by atoms with van der Waals surface area (Å²) in [7, 11) is 0.